The molecule has 5 N–H and O–H groups in total. The van der Waals surface area contributed by atoms with Gasteiger partial charge in [0.05, 0.1) is 29.4 Å². The molecule has 2 aromatic heterocycles. The van der Waals surface area contributed by atoms with Crippen LogP contribution in [0.15, 0.2) is 54.7 Å². The quantitative estimate of drug-likeness (QED) is 0.316. The van der Waals surface area contributed by atoms with Crippen molar-refractivity contribution < 1.29 is 9.53 Å². The lowest BCUT2D eigenvalue weighted by atomic mass is 9.90. The van der Waals surface area contributed by atoms with Crippen molar-refractivity contribution >= 4 is 40.1 Å². The van der Waals surface area contributed by atoms with Gasteiger partial charge < -0.3 is 31.0 Å². The molecule has 35 heavy (non-hydrogen) atoms. The van der Waals surface area contributed by atoms with E-state index in [0.717, 1.165) is 29.9 Å². The minimum atomic E-state index is -0.514. The molecule has 0 bridgehead atoms. The van der Waals surface area contributed by atoms with Crippen LogP contribution in [0.2, 0.25) is 0 Å². The summed E-state index contributed by atoms with van der Waals surface area (Å²) >= 11 is 0. The van der Waals surface area contributed by atoms with Crippen LogP contribution in [0, 0.1) is 0 Å². The van der Waals surface area contributed by atoms with Gasteiger partial charge in [-0.3, -0.25) is 4.79 Å². The fraction of sp³-hybridized carbons (Fsp3) is 0.269. The van der Waals surface area contributed by atoms with E-state index in [1.54, 1.807) is 31.5 Å². The molecule has 2 aromatic carbocycles. The molecule has 0 radical (unpaired) electrons. The van der Waals surface area contributed by atoms with Crippen LogP contribution in [-0.4, -0.2) is 53.0 Å². The molecule has 0 saturated carbocycles. The molecule has 1 unspecified atom stereocenters. The molecule has 0 aliphatic carbocycles. The summed E-state index contributed by atoms with van der Waals surface area (Å²) in [4.78, 5) is 26.7. The summed E-state index contributed by atoms with van der Waals surface area (Å²) in [5.41, 5.74) is 9.21. The van der Waals surface area contributed by atoms with E-state index in [-0.39, 0.29) is 0 Å². The van der Waals surface area contributed by atoms with Crippen LogP contribution in [0.4, 0.5) is 23.1 Å². The minimum absolute atomic E-state index is 0.384. The average molecular weight is 472 g/mol. The van der Waals surface area contributed by atoms with Gasteiger partial charge in [0.1, 0.15) is 17.2 Å². The zero-order chi connectivity index (χ0) is 24.4. The predicted octanol–water partition coefficient (Wildman–Crippen LogP) is 4.36. The number of primary amides is 1. The highest BCUT2D eigenvalue weighted by Gasteiger charge is 2.20. The fourth-order valence-corrected chi connectivity index (χ4v) is 4.65. The molecule has 1 fully saturated rings. The van der Waals surface area contributed by atoms with Crippen molar-refractivity contribution in [2.24, 2.45) is 5.73 Å². The molecule has 1 aliphatic heterocycles. The second kappa shape index (κ2) is 9.63. The number of carbonyl (C=O) groups is 1. The standard InChI is InChI=1S/C26H29N7O2/c1-33-13-5-6-17(15-33)16-9-10-21(22(14-16)35-2)30-26-31-24-19(11-12-28-24)25(32-26)29-20-8-4-3-7-18(20)23(27)34/h3-4,7-12,14,17H,5-6,13,15H2,1-2H3,(H2,27,34)(H3,28,29,30,31,32). The number of piperidine rings is 1. The number of nitrogens with two attached hydrogens (primary N) is 1. The highest BCUT2D eigenvalue weighted by Crippen LogP contribution is 2.34. The minimum Gasteiger partial charge on any atom is -0.495 e. The van der Waals surface area contributed by atoms with Crippen molar-refractivity contribution in [2.75, 3.05) is 37.9 Å². The van der Waals surface area contributed by atoms with Gasteiger partial charge in [-0.15, -0.1) is 0 Å². The number of nitrogens with one attached hydrogen (secondary N) is 3. The number of hydrogen-bond acceptors (Lipinski definition) is 7. The SMILES string of the molecule is COc1cc(C2CCCN(C)C2)ccc1Nc1nc(Nc2ccccc2C(N)=O)c2cc[nH]c2n1. The number of benzene rings is 2. The summed E-state index contributed by atoms with van der Waals surface area (Å²) in [5, 5.41) is 7.34. The van der Waals surface area contributed by atoms with Crippen molar-refractivity contribution in [3.63, 3.8) is 0 Å². The number of likely N-dealkylation sites (N-methyl/N-ethyl adjacent to an activating group) is 1. The van der Waals surface area contributed by atoms with E-state index < -0.39 is 5.91 Å². The molecule has 0 spiro atoms. The van der Waals surface area contributed by atoms with E-state index in [1.807, 2.05) is 18.2 Å². The number of hydrogen-bond donors (Lipinski definition) is 4. The third kappa shape index (κ3) is 4.76. The van der Waals surface area contributed by atoms with E-state index in [9.17, 15) is 4.79 Å². The third-order valence-electron chi connectivity index (χ3n) is 6.43. The number of ether oxygens (including phenoxy) is 1. The zero-order valence-electron chi connectivity index (χ0n) is 19.8. The van der Waals surface area contributed by atoms with Crippen molar-refractivity contribution in [3.05, 3.63) is 65.9 Å². The molecule has 180 valence electrons. The smallest absolute Gasteiger partial charge is 0.250 e. The van der Waals surface area contributed by atoms with E-state index in [2.05, 4.69) is 44.7 Å². The van der Waals surface area contributed by atoms with Gasteiger partial charge in [0, 0.05) is 12.7 Å². The number of likely N-dealkylation sites (tertiary alicyclic amines) is 1. The number of methoxy groups -OCH3 is 1. The molecule has 9 nitrogen and oxygen atoms in total. The number of carbonyl (C=O) groups excluding carboxylic acids is 1. The van der Waals surface area contributed by atoms with Crippen LogP contribution >= 0.6 is 0 Å². The van der Waals surface area contributed by atoms with Crippen LogP contribution in [0.5, 0.6) is 5.75 Å². The van der Waals surface area contributed by atoms with Gasteiger partial charge in [0.25, 0.3) is 5.91 Å². The highest BCUT2D eigenvalue weighted by molar-refractivity contribution is 6.00. The Hall–Kier alpha value is -4.11. The number of aromatic nitrogens is 3. The average Bonchev–Trinajstić information content (AvgIpc) is 3.33. The molecular formula is C26H29N7O2. The normalized spacial score (nSPS) is 16.2. The number of anilines is 4. The molecule has 3 heterocycles. The first-order chi connectivity index (χ1) is 17.0. The van der Waals surface area contributed by atoms with Crippen LogP contribution in [0.25, 0.3) is 11.0 Å². The Bertz CT molecular complexity index is 1370. The number of H-pyrrole nitrogens is 1. The molecule has 1 aliphatic rings. The van der Waals surface area contributed by atoms with E-state index in [0.29, 0.717) is 34.6 Å². The Balaban J connectivity index is 1.46. The Morgan fingerprint density at radius 1 is 1.14 bits per heavy atom. The lowest BCUT2D eigenvalue weighted by molar-refractivity contribution is 0.100. The summed E-state index contributed by atoms with van der Waals surface area (Å²) < 4.78 is 5.71. The monoisotopic (exact) mass is 471 g/mol. The van der Waals surface area contributed by atoms with Gasteiger partial charge in [-0.1, -0.05) is 18.2 Å². The molecule has 4 aromatic rings. The number of nitrogens with zero attached hydrogens (tertiary/aromatic N) is 3. The lowest BCUT2D eigenvalue weighted by Gasteiger charge is -2.30. The number of para-hydroxylation sites is 1. The van der Waals surface area contributed by atoms with Crippen molar-refractivity contribution in [1.29, 1.82) is 0 Å². The van der Waals surface area contributed by atoms with Crippen LogP contribution < -0.4 is 21.1 Å². The maximum atomic E-state index is 11.9. The maximum Gasteiger partial charge on any atom is 0.250 e. The molecule has 5 rings (SSSR count). The van der Waals surface area contributed by atoms with Crippen LogP contribution in [0.1, 0.15) is 34.7 Å². The summed E-state index contributed by atoms with van der Waals surface area (Å²) in [6.07, 6.45) is 4.17. The number of fused-ring (bicyclic) bond motifs is 1. The molecule has 1 amide bonds. The Morgan fingerprint density at radius 2 is 2.00 bits per heavy atom. The second-order valence-electron chi connectivity index (χ2n) is 8.86. The van der Waals surface area contributed by atoms with Gasteiger partial charge in [-0.2, -0.15) is 9.97 Å². The van der Waals surface area contributed by atoms with Crippen molar-refractivity contribution in [1.82, 2.24) is 19.9 Å². The van der Waals surface area contributed by atoms with Crippen LogP contribution in [0.3, 0.4) is 0 Å². The van der Waals surface area contributed by atoms with Gasteiger partial charge in [0.15, 0.2) is 0 Å². The summed E-state index contributed by atoms with van der Waals surface area (Å²) in [7, 11) is 3.83. The van der Waals surface area contributed by atoms with Crippen molar-refractivity contribution in [2.45, 2.75) is 18.8 Å². The Kier molecular flexibility index (Phi) is 6.24. The molecular weight excluding hydrogens is 442 g/mol. The van der Waals surface area contributed by atoms with Crippen molar-refractivity contribution in [3.8, 4) is 5.75 Å². The second-order valence-corrected chi connectivity index (χ2v) is 8.86. The fourth-order valence-electron chi connectivity index (χ4n) is 4.65. The first-order valence-electron chi connectivity index (χ1n) is 11.7. The van der Waals surface area contributed by atoms with Gasteiger partial charge in [0.2, 0.25) is 5.95 Å². The maximum absolute atomic E-state index is 11.9. The Morgan fingerprint density at radius 3 is 2.80 bits per heavy atom. The lowest BCUT2D eigenvalue weighted by Crippen LogP contribution is -2.30. The van der Waals surface area contributed by atoms with E-state index in [1.165, 1.54) is 18.4 Å². The Labute approximate surface area is 203 Å². The van der Waals surface area contributed by atoms with Gasteiger partial charge in [-0.25, -0.2) is 0 Å². The number of aromatic amines is 1. The van der Waals surface area contributed by atoms with Gasteiger partial charge >= 0.3 is 0 Å². The zero-order valence-corrected chi connectivity index (χ0v) is 19.8. The molecule has 9 heteroatoms. The van der Waals surface area contributed by atoms with Crippen LogP contribution in [-0.2, 0) is 0 Å². The first kappa shape index (κ1) is 22.7. The number of amides is 1. The molecule has 1 atom stereocenters. The van der Waals surface area contributed by atoms with E-state index in [4.69, 9.17) is 15.5 Å². The first-order valence-corrected chi connectivity index (χ1v) is 11.7. The highest BCUT2D eigenvalue weighted by atomic mass is 16.5. The summed E-state index contributed by atoms with van der Waals surface area (Å²) in [6.45, 7) is 2.19. The topological polar surface area (TPSA) is 121 Å². The third-order valence-corrected chi connectivity index (χ3v) is 6.43. The summed E-state index contributed by atoms with van der Waals surface area (Å²) in [6, 6.07) is 15.2. The predicted molar refractivity (Wildman–Crippen MR) is 138 cm³/mol. The molecule has 1 saturated heterocycles. The van der Waals surface area contributed by atoms with Gasteiger partial charge in [-0.05, 0) is 68.2 Å². The summed E-state index contributed by atoms with van der Waals surface area (Å²) in [5.74, 6) is 1.65. The van der Waals surface area contributed by atoms with E-state index >= 15 is 0 Å². The largest absolute Gasteiger partial charge is 0.495 e. The number of rotatable bonds is 7.